The molecule has 0 spiro atoms. The van der Waals surface area contributed by atoms with Gasteiger partial charge in [0.05, 0.1) is 11.1 Å². The number of thioether (sulfide) groups is 1. The highest BCUT2D eigenvalue weighted by molar-refractivity contribution is 9.10. The Morgan fingerprint density at radius 3 is 2.97 bits per heavy atom. The topological polar surface area (TPSA) is 64.0 Å². The van der Waals surface area contributed by atoms with Crippen LogP contribution in [0.25, 0.3) is 10.2 Å². The van der Waals surface area contributed by atoms with E-state index in [2.05, 4.69) is 27.8 Å². The van der Waals surface area contributed by atoms with Crippen molar-refractivity contribution in [3.8, 4) is 0 Å². The van der Waals surface area contributed by atoms with E-state index in [1.54, 1.807) is 22.0 Å². The van der Waals surface area contributed by atoms with Gasteiger partial charge in [-0.15, -0.1) is 17.9 Å². The maximum Gasteiger partial charge on any atom is 0.263 e. The van der Waals surface area contributed by atoms with Gasteiger partial charge in [0.2, 0.25) is 5.91 Å². The Morgan fingerprint density at radius 1 is 1.40 bits per heavy atom. The molecule has 1 aliphatic rings. The number of aromatic nitrogens is 2. The van der Waals surface area contributed by atoms with Crippen LogP contribution in [0.5, 0.6) is 0 Å². The monoisotopic (exact) mass is 503 g/mol. The number of carbonyl (C=O) groups is 1. The lowest BCUT2D eigenvalue weighted by atomic mass is 9.97. The fourth-order valence-electron chi connectivity index (χ4n) is 3.70. The largest absolute Gasteiger partial charge is 0.325 e. The van der Waals surface area contributed by atoms with Crippen molar-refractivity contribution in [2.24, 2.45) is 0 Å². The van der Waals surface area contributed by atoms with Gasteiger partial charge in [-0.1, -0.05) is 33.8 Å². The number of nitrogens with zero attached hydrogens (tertiary/aromatic N) is 2. The Morgan fingerprint density at radius 2 is 2.20 bits per heavy atom. The number of hydrogen-bond donors (Lipinski definition) is 1. The average Bonchev–Trinajstić information content (AvgIpc) is 3.09. The van der Waals surface area contributed by atoms with Gasteiger partial charge in [-0.3, -0.25) is 14.2 Å². The second-order valence-electron chi connectivity index (χ2n) is 7.29. The molecule has 0 aliphatic heterocycles. The lowest BCUT2D eigenvalue weighted by Gasteiger charge is -2.12. The van der Waals surface area contributed by atoms with E-state index >= 15 is 0 Å². The number of thiophene rings is 1. The molecule has 0 saturated heterocycles. The summed E-state index contributed by atoms with van der Waals surface area (Å²) in [6.07, 6.45) is 5.95. The number of nitrogens with one attached hydrogen (secondary N) is 1. The maximum absolute atomic E-state index is 13.2. The van der Waals surface area contributed by atoms with Crippen LogP contribution in [0.1, 0.15) is 28.8 Å². The number of halogens is 1. The molecule has 156 valence electrons. The van der Waals surface area contributed by atoms with E-state index < -0.39 is 0 Å². The molecule has 1 N–H and O–H groups in total. The van der Waals surface area contributed by atoms with Crippen molar-refractivity contribution in [2.45, 2.75) is 44.3 Å². The van der Waals surface area contributed by atoms with Gasteiger partial charge < -0.3 is 5.32 Å². The standard InChI is InChI=1S/C22H22BrN3O2S2/c1-3-10-26-21(28)19-15-6-4-5-7-17(15)30-20(19)25-22(26)29-12-18(27)24-16-9-8-14(23)11-13(16)2/h3,8-9,11H,1,4-7,10,12H2,2H3,(H,24,27). The zero-order chi connectivity index (χ0) is 21.3. The highest BCUT2D eigenvalue weighted by atomic mass is 79.9. The van der Waals surface area contributed by atoms with Gasteiger partial charge in [-0.05, 0) is 61.9 Å². The molecule has 2 heterocycles. The van der Waals surface area contributed by atoms with Gasteiger partial charge in [-0.2, -0.15) is 0 Å². The van der Waals surface area contributed by atoms with E-state index in [9.17, 15) is 9.59 Å². The summed E-state index contributed by atoms with van der Waals surface area (Å²) < 4.78 is 2.61. The Labute approximate surface area is 191 Å². The fourth-order valence-corrected chi connectivity index (χ4v) is 6.29. The first-order valence-corrected chi connectivity index (χ1v) is 12.4. The molecule has 4 rings (SSSR count). The quantitative estimate of drug-likeness (QED) is 0.280. The van der Waals surface area contributed by atoms with E-state index in [1.807, 2.05) is 25.1 Å². The number of allylic oxidation sites excluding steroid dienone is 1. The minimum absolute atomic E-state index is 0.0223. The second-order valence-corrected chi connectivity index (χ2v) is 10.2. The van der Waals surface area contributed by atoms with Crippen LogP contribution in [0.2, 0.25) is 0 Å². The molecule has 30 heavy (non-hydrogen) atoms. The molecule has 1 amide bonds. The van der Waals surface area contributed by atoms with Gasteiger partial charge >= 0.3 is 0 Å². The zero-order valence-electron chi connectivity index (χ0n) is 16.7. The second kappa shape index (κ2) is 9.08. The zero-order valence-corrected chi connectivity index (χ0v) is 19.9. The molecule has 5 nitrogen and oxygen atoms in total. The van der Waals surface area contributed by atoms with Crippen LogP contribution in [-0.4, -0.2) is 21.2 Å². The summed E-state index contributed by atoms with van der Waals surface area (Å²) >= 11 is 6.34. The van der Waals surface area contributed by atoms with Crippen molar-refractivity contribution in [1.29, 1.82) is 0 Å². The fraction of sp³-hybridized carbons (Fsp3) is 0.318. The van der Waals surface area contributed by atoms with Crippen molar-refractivity contribution in [3.63, 3.8) is 0 Å². The highest BCUT2D eigenvalue weighted by Crippen LogP contribution is 2.34. The molecule has 0 fully saturated rings. The van der Waals surface area contributed by atoms with Crippen molar-refractivity contribution in [2.75, 3.05) is 11.1 Å². The predicted molar refractivity (Wildman–Crippen MR) is 129 cm³/mol. The molecule has 0 saturated carbocycles. The molecule has 1 aromatic carbocycles. The molecule has 0 atom stereocenters. The van der Waals surface area contributed by atoms with Gasteiger partial charge in [-0.25, -0.2) is 4.98 Å². The smallest absolute Gasteiger partial charge is 0.263 e. The van der Waals surface area contributed by atoms with Crippen LogP contribution in [-0.2, 0) is 24.2 Å². The summed E-state index contributed by atoms with van der Waals surface area (Å²) in [5, 5.41) is 4.26. The van der Waals surface area contributed by atoms with E-state index in [0.29, 0.717) is 11.7 Å². The SMILES string of the molecule is C=CCn1c(SCC(=O)Nc2ccc(Br)cc2C)nc2sc3c(c2c1=O)CCCC3. The number of fused-ring (bicyclic) bond motifs is 3. The number of benzene rings is 1. The Hall–Kier alpha value is -1.90. The molecule has 2 aromatic heterocycles. The summed E-state index contributed by atoms with van der Waals surface area (Å²) in [6, 6.07) is 5.72. The highest BCUT2D eigenvalue weighted by Gasteiger charge is 2.22. The van der Waals surface area contributed by atoms with Crippen molar-refractivity contribution in [3.05, 3.63) is 61.7 Å². The van der Waals surface area contributed by atoms with E-state index in [0.717, 1.165) is 51.6 Å². The number of amides is 1. The Kier molecular flexibility index (Phi) is 6.46. The molecular formula is C22H22BrN3O2S2. The first kappa shape index (κ1) is 21.3. The summed E-state index contributed by atoms with van der Waals surface area (Å²) in [7, 11) is 0. The number of rotatable bonds is 6. The van der Waals surface area contributed by atoms with Gasteiger partial charge in [0.25, 0.3) is 5.56 Å². The van der Waals surface area contributed by atoms with Crippen LogP contribution in [0.4, 0.5) is 5.69 Å². The normalized spacial score (nSPS) is 13.3. The van der Waals surface area contributed by atoms with Crippen molar-refractivity contribution < 1.29 is 4.79 Å². The molecule has 0 radical (unpaired) electrons. The summed E-state index contributed by atoms with van der Waals surface area (Å²) in [4.78, 5) is 32.6. The molecule has 8 heteroatoms. The summed E-state index contributed by atoms with van der Waals surface area (Å²) in [6.45, 7) is 6.11. The third-order valence-electron chi connectivity index (χ3n) is 5.15. The van der Waals surface area contributed by atoms with Crippen LogP contribution in [0.3, 0.4) is 0 Å². The molecule has 1 aliphatic carbocycles. The first-order chi connectivity index (χ1) is 14.5. The molecule has 0 unspecified atom stereocenters. The first-order valence-electron chi connectivity index (χ1n) is 9.82. The van der Waals surface area contributed by atoms with Gasteiger partial charge in [0.1, 0.15) is 4.83 Å². The van der Waals surface area contributed by atoms with Gasteiger partial charge in [0.15, 0.2) is 5.16 Å². The number of anilines is 1. The average molecular weight is 504 g/mol. The van der Waals surface area contributed by atoms with Crippen LogP contribution in [0.15, 0.2) is 45.3 Å². The lowest BCUT2D eigenvalue weighted by Crippen LogP contribution is -2.24. The summed E-state index contributed by atoms with van der Waals surface area (Å²) in [5.41, 5.74) is 2.92. The molecule has 3 aromatic rings. The van der Waals surface area contributed by atoms with Crippen LogP contribution >= 0.6 is 39.0 Å². The van der Waals surface area contributed by atoms with E-state index in [1.165, 1.54) is 22.2 Å². The van der Waals surface area contributed by atoms with Gasteiger partial charge in [0, 0.05) is 21.6 Å². The Balaban J connectivity index is 1.60. The Bertz CT molecular complexity index is 1200. The lowest BCUT2D eigenvalue weighted by molar-refractivity contribution is -0.113. The van der Waals surface area contributed by atoms with Crippen LogP contribution in [0, 0.1) is 6.92 Å². The van der Waals surface area contributed by atoms with Crippen LogP contribution < -0.4 is 10.9 Å². The number of aryl methyl sites for hydroxylation is 3. The number of carbonyl (C=O) groups excluding carboxylic acids is 1. The molecular weight excluding hydrogens is 482 g/mol. The predicted octanol–water partition coefficient (Wildman–Crippen LogP) is 5.32. The van der Waals surface area contributed by atoms with E-state index in [-0.39, 0.29) is 17.2 Å². The minimum atomic E-state index is -0.129. The molecule has 0 bridgehead atoms. The third-order valence-corrected chi connectivity index (χ3v) is 7.80. The van der Waals surface area contributed by atoms with E-state index in [4.69, 9.17) is 4.98 Å². The maximum atomic E-state index is 13.2. The van der Waals surface area contributed by atoms with Crippen molar-refractivity contribution >= 4 is 60.8 Å². The number of hydrogen-bond acceptors (Lipinski definition) is 5. The minimum Gasteiger partial charge on any atom is -0.325 e. The van der Waals surface area contributed by atoms with Crippen molar-refractivity contribution in [1.82, 2.24) is 9.55 Å². The summed E-state index contributed by atoms with van der Waals surface area (Å²) in [5.74, 6) is 0.0470. The third kappa shape index (κ3) is 4.26.